The van der Waals surface area contributed by atoms with E-state index in [0.29, 0.717) is 12.8 Å². The van der Waals surface area contributed by atoms with Crippen LogP contribution in [-0.4, -0.2) is 64.2 Å². The largest absolute Gasteiger partial charge is 0.473 e. The maximum absolute atomic E-state index is 13.4. The van der Waals surface area contributed by atoms with Crippen molar-refractivity contribution in [3.63, 3.8) is 0 Å². The van der Waals surface area contributed by atoms with Crippen LogP contribution in [0.25, 0.3) is 0 Å². The average molecular weight is 855 g/mol. The number of aliphatic hydroxyl groups is 2. The molecular weight excluding hydrogens is 767 g/mol. The Kier molecular flexibility index (Phi) is 31.6. The standard InChI is InChI=1S/C48H87O10P/c1-7-12-14-16-18-20-22-24-26-28-30-32-34-36-44(49)55-38-40(57-45(50)37-35-33-31-29-27-25-23-21-19-17-15-13-8-2)39-56-59(53,54)58-48(6)46(51)42(10-4)41(9-3)43(11-5)47(48)52/h9-11,40-43,46-47,51-52H,3-5,7-8,12-39H2,1-2,6H3,(H,53,54). The number of phosphoric acid groups is 1. The molecule has 0 aromatic heterocycles. The first-order valence-electron chi connectivity index (χ1n) is 23.7. The summed E-state index contributed by atoms with van der Waals surface area (Å²) < 4.78 is 35.3. The molecule has 59 heavy (non-hydrogen) atoms. The van der Waals surface area contributed by atoms with Gasteiger partial charge in [0.05, 0.1) is 18.8 Å². The van der Waals surface area contributed by atoms with Crippen molar-refractivity contribution in [1.82, 2.24) is 0 Å². The van der Waals surface area contributed by atoms with Gasteiger partial charge in [0, 0.05) is 24.7 Å². The molecular formula is C48H87O10P. The van der Waals surface area contributed by atoms with E-state index in [2.05, 4.69) is 33.6 Å². The number of rotatable bonds is 39. The molecule has 6 unspecified atom stereocenters. The van der Waals surface area contributed by atoms with Gasteiger partial charge in [0.15, 0.2) is 6.10 Å². The summed E-state index contributed by atoms with van der Waals surface area (Å²) >= 11 is 0. The Morgan fingerprint density at radius 1 is 0.576 bits per heavy atom. The predicted octanol–water partition coefficient (Wildman–Crippen LogP) is 12.4. The minimum Gasteiger partial charge on any atom is -0.462 e. The molecule has 11 heteroatoms. The lowest BCUT2D eigenvalue weighted by atomic mass is 9.63. The summed E-state index contributed by atoms with van der Waals surface area (Å²) in [5.74, 6) is -2.75. The lowest BCUT2D eigenvalue weighted by molar-refractivity contribution is -0.188. The van der Waals surface area contributed by atoms with Gasteiger partial charge in [-0.2, -0.15) is 0 Å². The van der Waals surface area contributed by atoms with Gasteiger partial charge in [0.2, 0.25) is 0 Å². The van der Waals surface area contributed by atoms with Crippen LogP contribution in [0.4, 0.5) is 0 Å². The maximum Gasteiger partial charge on any atom is 0.473 e. The average Bonchev–Trinajstić information content (AvgIpc) is 3.21. The van der Waals surface area contributed by atoms with Crippen LogP contribution in [-0.2, 0) is 32.7 Å². The van der Waals surface area contributed by atoms with Gasteiger partial charge >= 0.3 is 19.8 Å². The van der Waals surface area contributed by atoms with Gasteiger partial charge in [-0.25, -0.2) is 4.57 Å². The summed E-state index contributed by atoms with van der Waals surface area (Å²) in [5.41, 5.74) is -1.96. The van der Waals surface area contributed by atoms with E-state index in [1.807, 2.05) is 0 Å². The van der Waals surface area contributed by atoms with Gasteiger partial charge in [-0.05, 0) is 25.7 Å². The number of carbonyl (C=O) groups excluding carboxylic acids is 2. The Labute approximate surface area is 360 Å². The van der Waals surface area contributed by atoms with Crippen molar-refractivity contribution in [1.29, 1.82) is 0 Å². The summed E-state index contributed by atoms with van der Waals surface area (Å²) in [4.78, 5) is 36.5. The summed E-state index contributed by atoms with van der Waals surface area (Å²) in [6, 6.07) is 0. The van der Waals surface area contributed by atoms with E-state index < -0.39 is 68.0 Å². The zero-order valence-electron chi connectivity index (χ0n) is 37.7. The molecule has 0 bridgehead atoms. The lowest BCUT2D eigenvalue weighted by Gasteiger charge is -2.51. The fourth-order valence-corrected chi connectivity index (χ4v) is 9.38. The van der Waals surface area contributed by atoms with Gasteiger partial charge < -0.3 is 24.6 Å². The number of unbranched alkanes of at least 4 members (excludes halogenated alkanes) is 24. The monoisotopic (exact) mass is 855 g/mol. The molecule has 3 N–H and O–H groups in total. The highest BCUT2D eigenvalue weighted by Crippen LogP contribution is 2.54. The van der Waals surface area contributed by atoms with E-state index in [4.69, 9.17) is 18.5 Å². The van der Waals surface area contributed by atoms with Crippen molar-refractivity contribution in [2.45, 2.75) is 224 Å². The smallest absolute Gasteiger partial charge is 0.462 e. The molecule has 6 atom stereocenters. The van der Waals surface area contributed by atoms with Gasteiger partial charge in [0.1, 0.15) is 12.2 Å². The summed E-state index contributed by atoms with van der Waals surface area (Å²) in [5, 5.41) is 22.5. The third kappa shape index (κ3) is 23.8. The molecule has 0 heterocycles. The SMILES string of the molecule is C=CC1C(C=C)C(O)C(C)(OP(=O)(O)OCC(COC(=O)CCCCCCCCCCCCCCC)OC(=O)CCCCCCCCCCCCCCC)C(O)C1C=C. The second kappa shape index (κ2) is 33.8. The molecule has 1 aliphatic rings. The van der Waals surface area contributed by atoms with E-state index in [1.165, 1.54) is 135 Å². The third-order valence-corrected chi connectivity index (χ3v) is 13.1. The molecule has 1 fully saturated rings. The van der Waals surface area contributed by atoms with Crippen molar-refractivity contribution >= 4 is 19.8 Å². The molecule has 0 aliphatic heterocycles. The van der Waals surface area contributed by atoms with Gasteiger partial charge in [-0.3, -0.25) is 18.6 Å². The van der Waals surface area contributed by atoms with Crippen molar-refractivity contribution in [2.24, 2.45) is 17.8 Å². The van der Waals surface area contributed by atoms with E-state index in [9.17, 15) is 29.3 Å². The number of esters is 2. The van der Waals surface area contributed by atoms with E-state index in [1.54, 1.807) is 6.08 Å². The van der Waals surface area contributed by atoms with Crippen LogP contribution in [0.2, 0.25) is 0 Å². The number of hydrogen-bond acceptors (Lipinski definition) is 9. The van der Waals surface area contributed by atoms with Crippen molar-refractivity contribution in [3.8, 4) is 0 Å². The molecule has 0 aromatic carbocycles. The van der Waals surface area contributed by atoms with Gasteiger partial charge in [0.25, 0.3) is 0 Å². The fraction of sp³-hybridized carbons (Fsp3) is 0.833. The molecule has 1 aliphatic carbocycles. The molecule has 0 spiro atoms. The highest BCUT2D eigenvalue weighted by Gasteiger charge is 2.57. The van der Waals surface area contributed by atoms with Gasteiger partial charge in [-0.1, -0.05) is 186 Å². The first-order valence-corrected chi connectivity index (χ1v) is 25.2. The highest BCUT2D eigenvalue weighted by molar-refractivity contribution is 7.47. The van der Waals surface area contributed by atoms with Crippen molar-refractivity contribution in [2.75, 3.05) is 13.2 Å². The number of allylic oxidation sites excluding steroid dienone is 1. The van der Waals surface area contributed by atoms with Crippen LogP contribution in [0, 0.1) is 17.8 Å². The topological polar surface area (TPSA) is 149 Å². The van der Waals surface area contributed by atoms with Crippen molar-refractivity contribution < 1.29 is 47.8 Å². The first-order chi connectivity index (χ1) is 28.4. The molecule has 0 radical (unpaired) electrons. The van der Waals surface area contributed by atoms with Crippen LogP contribution in [0.15, 0.2) is 38.0 Å². The predicted molar refractivity (Wildman–Crippen MR) is 240 cm³/mol. The van der Waals surface area contributed by atoms with Crippen LogP contribution in [0.5, 0.6) is 0 Å². The second-order valence-corrected chi connectivity index (χ2v) is 18.5. The van der Waals surface area contributed by atoms with Crippen LogP contribution in [0.3, 0.4) is 0 Å². The lowest BCUT2D eigenvalue weighted by Crippen LogP contribution is -2.63. The molecule has 344 valence electrons. The quantitative estimate of drug-likeness (QED) is 0.0236. The zero-order valence-corrected chi connectivity index (χ0v) is 38.6. The Balaban J connectivity index is 2.65. The molecule has 0 amide bonds. The number of ether oxygens (including phenoxy) is 2. The fourth-order valence-electron chi connectivity index (χ4n) is 8.26. The Hall–Kier alpha value is -1.81. The minimum atomic E-state index is -4.99. The molecule has 0 saturated heterocycles. The zero-order chi connectivity index (χ0) is 43.8. The molecule has 10 nitrogen and oxygen atoms in total. The number of hydrogen-bond donors (Lipinski definition) is 3. The minimum absolute atomic E-state index is 0.154. The molecule has 1 rings (SSSR count). The summed E-state index contributed by atoms with van der Waals surface area (Å²) in [6.45, 7) is 16.2. The van der Waals surface area contributed by atoms with Crippen LogP contribution in [0.1, 0.15) is 201 Å². The van der Waals surface area contributed by atoms with Crippen LogP contribution < -0.4 is 0 Å². The van der Waals surface area contributed by atoms with E-state index in [-0.39, 0.29) is 19.4 Å². The second-order valence-electron chi connectivity index (χ2n) is 17.1. The van der Waals surface area contributed by atoms with E-state index in [0.717, 1.165) is 38.5 Å². The molecule has 1 saturated carbocycles. The Bertz CT molecular complexity index is 1150. The van der Waals surface area contributed by atoms with E-state index >= 15 is 0 Å². The Morgan fingerprint density at radius 2 is 0.915 bits per heavy atom. The summed E-state index contributed by atoms with van der Waals surface area (Å²) in [6.07, 6.45) is 31.7. The van der Waals surface area contributed by atoms with Gasteiger partial charge in [-0.15, -0.1) is 19.7 Å². The summed E-state index contributed by atoms with van der Waals surface area (Å²) in [7, 11) is -4.99. The maximum atomic E-state index is 13.4. The number of aliphatic hydroxyl groups excluding tert-OH is 2. The van der Waals surface area contributed by atoms with Crippen LogP contribution >= 0.6 is 7.82 Å². The highest BCUT2D eigenvalue weighted by atomic mass is 31.2. The normalized spacial score (nSPS) is 23.3. The first kappa shape index (κ1) is 55.2. The van der Waals surface area contributed by atoms with Crippen molar-refractivity contribution in [3.05, 3.63) is 38.0 Å². The number of phosphoric ester groups is 1. The number of carbonyl (C=O) groups is 2. The third-order valence-electron chi connectivity index (χ3n) is 12.0. The Morgan fingerprint density at radius 3 is 1.27 bits per heavy atom. The molecule has 0 aromatic rings.